The molecule has 1 heterocycles. The molecule has 2 rings (SSSR count). The third-order valence-electron chi connectivity index (χ3n) is 2.76. The van der Waals surface area contributed by atoms with Crippen LogP contribution in [-0.2, 0) is 6.42 Å². The van der Waals surface area contributed by atoms with E-state index in [2.05, 4.69) is 9.97 Å². The summed E-state index contributed by atoms with van der Waals surface area (Å²) in [5.41, 5.74) is 1.90. The molecule has 0 spiro atoms. The minimum Gasteiger partial charge on any atom is -0.387 e. The Hall–Kier alpha value is -1.03. The number of aromatic nitrogens is 2. The van der Waals surface area contributed by atoms with Crippen LogP contribution in [0, 0.1) is 0 Å². The quantitative estimate of drug-likeness (QED) is 0.883. The maximum Gasteiger partial charge on any atom is 0.0953 e. The van der Waals surface area contributed by atoms with Crippen LogP contribution in [0.4, 0.5) is 0 Å². The lowest BCUT2D eigenvalue weighted by Crippen LogP contribution is -1.99. The van der Waals surface area contributed by atoms with E-state index in [9.17, 15) is 5.11 Å². The standard InChI is InChI=1S/C13H15ClN2O.ClH/c14-11-6-2-1-4-10(11)5-3-7-13(17)12-8-15-9-16-12;/h1-2,4,6,8-9,13,17H,3,5,7H2,(H,15,16);1H. The number of nitrogens with zero attached hydrogens (tertiary/aromatic N) is 1. The molecule has 3 nitrogen and oxygen atoms in total. The van der Waals surface area contributed by atoms with Crippen LogP contribution in [-0.4, -0.2) is 15.1 Å². The number of aliphatic hydroxyl groups is 1. The van der Waals surface area contributed by atoms with Crippen LogP contribution < -0.4 is 0 Å². The lowest BCUT2D eigenvalue weighted by molar-refractivity contribution is 0.160. The summed E-state index contributed by atoms with van der Waals surface area (Å²) in [6, 6.07) is 7.81. The van der Waals surface area contributed by atoms with Crippen molar-refractivity contribution >= 4 is 24.0 Å². The molecule has 18 heavy (non-hydrogen) atoms. The monoisotopic (exact) mass is 286 g/mol. The molecule has 1 aromatic carbocycles. The van der Waals surface area contributed by atoms with Crippen molar-refractivity contribution in [3.8, 4) is 0 Å². The van der Waals surface area contributed by atoms with Crippen molar-refractivity contribution in [2.75, 3.05) is 0 Å². The van der Waals surface area contributed by atoms with Crippen LogP contribution in [0.5, 0.6) is 0 Å². The van der Waals surface area contributed by atoms with E-state index in [0.717, 1.165) is 29.1 Å². The number of aromatic amines is 1. The van der Waals surface area contributed by atoms with Crippen LogP contribution in [0.15, 0.2) is 36.8 Å². The Morgan fingerprint density at radius 1 is 1.33 bits per heavy atom. The summed E-state index contributed by atoms with van der Waals surface area (Å²) in [6.07, 6.45) is 5.23. The number of H-pyrrole nitrogens is 1. The summed E-state index contributed by atoms with van der Waals surface area (Å²) in [5, 5.41) is 10.6. The molecular formula is C13H16Cl2N2O. The largest absolute Gasteiger partial charge is 0.387 e. The zero-order valence-corrected chi connectivity index (χ0v) is 11.4. The molecule has 2 aromatic rings. The number of hydrogen-bond donors (Lipinski definition) is 2. The second-order valence-electron chi connectivity index (χ2n) is 4.01. The fourth-order valence-corrected chi connectivity index (χ4v) is 2.02. The third kappa shape index (κ3) is 4.02. The Kier molecular flexibility index (Phi) is 6.19. The highest BCUT2D eigenvalue weighted by molar-refractivity contribution is 6.31. The number of imidazole rings is 1. The van der Waals surface area contributed by atoms with Crippen molar-refractivity contribution in [2.24, 2.45) is 0 Å². The number of nitrogens with one attached hydrogen (secondary N) is 1. The minimum absolute atomic E-state index is 0. The van der Waals surface area contributed by atoms with E-state index in [1.54, 1.807) is 12.5 Å². The van der Waals surface area contributed by atoms with Crippen molar-refractivity contribution in [3.05, 3.63) is 53.1 Å². The van der Waals surface area contributed by atoms with Gasteiger partial charge in [-0.05, 0) is 30.9 Å². The zero-order chi connectivity index (χ0) is 12.1. The zero-order valence-electron chi connectivity index (χ0n) is 9.84. The van der Waals surface area contributed by atoms with Gasteiger partial charge in [0.1, 0.15) is 0 Å². The minimum atomic E-state index is -0.472. The van der Waals surface area contributed by atoms with Crippen molar-refractivity contribution in [2.45, 2.75) is 25.4 Å². The number of hydrogen-bond acceptors (Lipinski definition) is 2. The van der Waals surface area contributed by atoms with Gasteiger partial charge in [-0.1, -0.05) is 29.8 Å². The first-order valence-electron chi connectivity index (χ1n) is 5.67. The van der Waals surface area contributed by atoms with Gasteiger partial charge in [0.05, 0.1) is 24.3 Å². The van der Waals surface area contributed by atoms with Gasteiger partial charge in [-0.15, -0.1) is 12.4 Å². The number of halogens is 2. The predicted molar refractivity (Wildman–Crippen MR) is 75.2 cm³/mol. The molecule has 5 heteroatoms. The fourth-order valence-electron chi connectivity index (χ4n) is 1.79. The van der Waals surface area contributed by atoms with E-state index < -0.39 is 6.10 Å². The van der Waals surface area contributed by atoms with Gasteiger partial charge in [-0.25, -0.2) is 4.98 Å². The normalized spacial score (nSPS) is 11.9. The average molecular weight is 287 g/mol. The van der Waals surface area contributed by atoms with Crippen LogP contribution in [0.1, 0.15) is 30.2 Å². The highest BCUT2D eigenvalue weighted by atomic mass is 35.5. The van der Waals surface area contributed by atoms with Gasteiger partial charge in [0, 0.05) is 5.02 Å². The van der Waals surface area contributed by atoms with Gasteiger partial charge in [0.15, 0.2) is 0 Å². The third-order valence-corrected chi connectivity index (χ3v) is 3.13. The highest BCUT2D eigenvalue weighted by Crippen LogP contribution is 2.20. The summed E-state index contributed by atoms with van der Waals surface area (Å²) >= 11 is 6.06. The second kappa shape index (κ2) is 7.41. The molecule has 0 amide bonds. The van der Waals surface area contributed by atoms with Crippen molar-refractivity contribution in [1.29, 1.82) is 0 Å². The summed E-state index contributed by atoms with van der Waals surface area (Å²) in [4.78, 5) is 6.80. The first kappa shape index (κ1) is 15.0. The highest BCUT2D eigenvalue weighted by Gasteiger charge is 2.08. The maximum atomic E-state index is 9.85. The van der Waals surface area contributed by atoms with E-state index in [1.807, 2.05) is 24.3 Å². The van der Waals surface area contributed by atoms with Gasteiger partial charge in [0.2, 0.25) is 0 Å². The number of rotatable bonds is 5. The van der Waals surface area contributed by atoms with Gasteiger partial charge in [-0.2, -0.15) is 0 Å². The molecule has 1 aromatic heterocycles. The molecule has 0 aliphatic heterocycles. The van der Waals surface area contributed by atoms with E-state index >= 15 is 0 Å². The molecular weight excluding hydrogens is 271 g/mol. The van der Waals surface area contributed by atoms with Crippen molar-refractivity contribution in [1.82, 2.24) is 9.97 Å². The summed E-state index contributed by atoms with van der Waals surface area (Å²) in [5.74, 6) is 0. The molecule has 0 radical (unpaired) electrons. The van der Waals surface area contributed by atoms with Crippen LogP contribution in [0.25, 0.3) is 0 Å². The molecule has 1 atom stereocenters. The first-order chi connectivity index (χ1) is 8.27. The Morgan fingerprint density at radius 2 is 2.11 bits per heavy atom. The molecule has 0 saturated carbocycles. The van der Waals surface area contributed by atoms with E-state index in [4.69, 9.17) is 11.6 Å². The molecule has 0 saturated heterocycles. The smallest absolute Gasteiger partial charge is 0.0953 e. The molecule has 0 bridgehead atoms. The van der Waals surface area contributed by atoms with Gasteiger partial charge in [0.25, 0.3) is 0 Å². The SMILES string of the molecule is Cl.OC(CCCc1ccccc1Cl)c1cnc[nH]1. The van der Waals surface area contributed by atoms with Crippen molar-refractivity contribution in [3.63, 3.8) is 0 Å². The second-order valence-corrected chi connectivity index (χ2v) is 4.41. The average Bonchev–Trinajstić information content (AvgIpc) is 2.85. The molecule has 0 aliphatic carbocycles. The maximum absolute atomic E-state index is 9.85. The lowest BCUT2D eigenvalue weighted by atomic mass is 10.0. The van der Waals surface area contributed by atoms with Crippen LogP contribution >= 0.6 is 24.0 Å². The fraction of sp³-hybridized carbons (Fsp3) is 0.308. The first-order valence-corrected chi connectivity index (χ1v) is 6.05. The van der Waals surface area contributed by atoms with Crippen molar-refractivity contribution < 1.29 is 5.11 Å². The van der Waals surface area contributed by atoms with Gasteiger partial charge in [-0.3, -0.25) is 0 Å². The van der Waals surface area contributed by atoms with Crippen LogP contribution in [0.2, 0.25) is 5.02 Å². The lowest BCUT2D eigenvalue weighted by Gasteiger charge is -2.08. The molecule has 0 aliphatic rings. The topological polar surface area (TPSA) is 48.9 Å². The molecule has 98 valence electrons. The Balaban J connectivity index is 0.00000162. The van der Waals surface area contributed by atoms with E-state index in [0.29, 0.717) is 6.42 Å². The molecule has 2 N–H and O–H groups in total. The summed E-state index contributed by atoms with van der Waals surface area (Å²) in [6.45, 7) is 0. The van der Waals surface area contributed by atoms with Gasteiger partial charge < -0.3 is 10.1 Å². The summed E-state index contributed by atoms with van der Waals surface area (Å²) < 4.78 is 0. The Bertz CT molecular complexity index is 460. The Morgan fingerprint density at radius 3 is 2.78 bits per heavy atom. The molecule has 0 fully saturated rings. The Labute approximate surface area is 118 Å². The van der Waals surface area contributed by atoms with E-state index in [1.165, 1.54) is 0 Å². The molecule has 1 unspecified atom stereocenters. The number of aryl methyl sites for hydroxylation is 1. The van der Waals surface area contributed by atoms with Crippen LogP contribution in [0.3, 0.4) is 0 Å². The van der Waals surface area contributed by atoms with Gasteiger partial charge >= 0.3 is 0 Å². The van der Waals surface area contributed by atoms with E-state index in [-0.39, 0.29) is 12.4 Å². The number of benzene rings is 1. The number of aliphatic hydroxyl groups excluding tert-OH is 1. The predicted octanol–water partition coefficient (Wildman–Crippen LogP) is 3.54. The summed E-state index contributed by atoms with van der Waals surface area (Å²) in [7, 11) is 0.